The van der Waals surface area contributed by atoms with Crippen molar-refractivity contribution in [3.8, 4) is 5.69 Å². The molecule has 0 unspecified atom stereocenters. The van der Waals surface area contributed by atoms with Gasteiger partial charge >= 0.3 is 5.97 Å². The van der Waals surface area contributed by atoms with Gasteiger partial charge in [-0.25, -0.2) is 4.79 Å². The lowest BCUT2D eigenvalue weighted by Crippen LogP contribution is -2.14. The van der Waals surface area contributed by atoms with Crippen molar-refractivity contribution in [2.75, 3.05) is 17.7 Å². The number of aryl methyl sites for hydroxylation is 1. The van der Waals surface area contributed by atoms with Crippen LogP contribution in [0.2, 0.25) is 0 Å². The molecular weight excluding hydrogens is 388 g/mol. The van der Waals surface area contributed by atoms with Crippen LogP contribution in [-0.2, 0) is 9.53 Å². The Balaban J connectivity index is 1.55. The van der Waals surface area contributed by atoms with Gasteiger partial charge in [-0.1, -0.05) is 36.4 Å². The minimum Gasteiger partial charge on any atom is -0.462 e. The highest BCUT2D eigenvalue weighted by Crippen LogP contribution is 2.20. The Kier molecular flexibility index (Phi) is 7.02. The average molecular weight is 410 g/mol. The zero-order valence-corrected chi connectivity index (χ0v) is 17.1. The summed E-state index contributed by atoms with van der Waals surface area (Å²) in [5.41, 5.74) is 3.17. The highest BCUT2D eigenvalue weighted by Gasteiger charge is 2.11. The minimum absolute atomic E-state index is 0.172. The predicted octanol–water partition coefficient (Wildman–Crippen LogP) is 3.87. The van der Waals surface area contributed by atoms with Gasteiger partial charge < -0.3 is 10.1 Å². The summed E-state index contributed by atoms with van der Waals surface area (Å²) in [4.78, 5) is 24.1. The number of ether oxygens (including phenoxy) is 1. The third-order valence-corrected chi connectivity index (χ3v) is 4.95. The van der Waals surface area contributed by atoms with E-state index in [1.54, 1.807) is 30.6 Å². The fourth-order valence-corrected chi connectivity index (χ4v) is 3.23. The van der Waals surface area contributed by atoms with Crippen molar-refractivity contribution in [3.05, 3.63) is 66.0 Å². The monoisotopic (exact) mass is 410 g/mol. The van der Waals surface area contributed by atoms with E-state index in [4.69, 9.17) is 4.74 Å². The highest BCUT2D eigenvalue weighted by molar-refractivity contribution is 7.99. The van der Waals surface area contributed by atoms with E-state index >= 15 is 0 Å². The van der Waals surface area contributed by atoms with Crippen molar-refractivity contribution in [3.63, 3.8) is 0 Å². The number of hydrogen-bond acceptors (Lipinski definition) is 6. The van der Waals surface area contributed by atoms with Crippen molar-refractivity contribution in [1.29, 1.82) is 0 Å². The molecule has 0 atom stereocenters. The molecule has 2 aromatic carbocycles. The minimum atomic E-state index is -0.365. The second-order valence-electron chi connectivity index (χ2n) is 6.37. The van der Waals surface area contributed by atoms with Gasteiger partial charge in [0.2, 0.25) is 5.91 Å². The first-order chi connectivity index (χ1) is 14.1. The number of rotatable bonds is 8. The quantitative estimate of drug-likeness (QED) is 0.448. The Hall–Kier alpha value is -3.13. The van der Waals surface area contributed by atoms with Gasteiger partial charge in [-0.3, -0.25) is 9.36 Å². The Bertz CT molecular complexity index is 968. The first kappa shape index (κ1) is 20.6. The number of hydrogen-bond donors (Lipinski definition) is 1. The molecule has 1 aromatic heterocycles. The molecule has 3 aromatic rings. The number of aromatic nitrogens is 3. The summed E-state index contributed by atoms with van der Waals surface area (Å²) < 4.78 is 6.93. The molecule has 1 N–H and O–H groups in total. The molecule has 150 valence electrons. The summed E-state index contributed by atoms with van der Waals surface area (Å²) in [5, 5.41) is 11.5. The van der Waals surface area contributed by atoms with E-state index in [0.717, 1.165) is 12.1 Å². The van der Waals surface area contributed by atoms with Crippen molar-refractivity contribution in [2.24, 2.45) is 0 Å². The molecule has 0 aliphatic rings. The van der Waals surface area contributed by atoms with E-state index in [0.29, 0.717) is 23.0 Å². The maximum atomic E-state index is 12.3. The summed E-state index contributed by atoms with van der Waals surface area (Å²) in [6.07, 6.45) is 2.40. The maximum Gasteiger partial charge on any atom is 0.338 e. The normalized spacial score (nSPS) is 10.6. The van der Waals surface area contributed by atoms with Crippen molar-refractivity contribution in [2.45, 2.75) is 25.4 Å². The summed E-state index contributed by atoms with van der Waals surface area (Å²) in [5.74, 6) is -0.351. The van der Waals surface area contributed by atoms with E-state index < -0.39 is 0 Å². The van der Waals surface area contributed by atoms with E-state index in [2.05, 4.69) is 15.5 Å². The molecule has 0 spiro atoms. The molecule has 29 heavy (non-hydrogen) atoms. The molecule has 0 saturated heterocycles. The van der Waals surface area contributed by atoms with Crippen LogP contribution in [-0.4, -0.2) is 39.0 Å². The number of carbonyl (C=O) groups is 2. The zero-order valence-electron chi connectivity index (χ0n) is 16.3. The van der Waals surface area contributed by atoms with Gasteiger partial charge in [0.15, 0.2) is 5.16 Å². The van der Waals surface area contributed by atoms with E-state index in [-0.39, 0.29) is 17.6 Å². The number of thioether (sulfide) groups is 1. The number of esters is 1. The van der Waals surface area contributed by atoms with Gasteiger partial charge in [0.05, 0.1) is 17.9 Å². The number of nitrogens with zero attached hydrogens (tertiary/aromatic N) is 3. The van der Waals surface area contributed by atoms with Gasteiger partial charge in [-0.15, -0.1) is 10.2 Å². The van der Waals surface area contributed by atoms with Crippen LogP contribution in [0.15, 0.2) is 60.0 Å². The summed E-state index contributed by atoms with van der Waals surface area (Å²) in [7, 11) is 0. The van der Waals surface area contributed by atoms with Crippen LogP contribution in [0.3, 0.4) is 0 Å². The van der Waals surface area contributed by atoms with Gasteiger partial charge in [0.1, 0.15) is 6.33 Å². The van der Waals surface area contributed by atoms with Crippen LogP contribution < -0.4 is 5.32 Å². The van der Waals surface area contributed by atoms with Crippen LogP contribution >= 0.6 is 11.8 Å². The largest absolute Gasteiger partial charge is 0.462 e. The van der Waals surface area contributed by atoms with Crippen LogP contribution in [0, 0.1) is 6.92 Å². The molecule has 8 heteroatoms. The summed E-state index contributed by atoms with van der Waals surface area (Å²) >= 11 is 1.30. The zero-order chi connectivity index (χ0) is 20.6. The van der Waals surface area contributed by atoms with Crippen LogP contribution in [0.25, 0.3) is 5.69 Å². The second-order valence-corrected chi connectivity index (χ2v) is 7.31. The second kappa shape index (κ2) is 9.88. The molecule has 1 amide bonds. The summed E-state index contributed by atoms with van der Waals surface area (Å²) in [6.45, 7) is 4.35. The average Bonchev–Trinajstić information content (AvgIpc) is 3.20. The van der Waals surface area contributed by atoms with Gasteiger partial charge in [-0.05, 0) is 49.7 Å². The van der Waals surface area contributed by atoms with Crippen LogP contribution in [0.1, 0.15) is 29.3 Å². The van der Waals surface area contributed by atoms with Gasteiger partial charge in [0.25, 0.3) is 0 Å². The lowest BCUT2D eigenvalue weighted by Gasteiger charge is -2.08. The number of carbonyl (C=O) groups excluding carboxylic acids is 2. The maximum absolute atomic E-state index is 12.3. The van der Waals surface area contributed by atoms with Crippen LogP contribution in [0.5, 0.6) is 0 Å². The highest BCUT2D eigenvalue weighted by atomic mass is 32.2. The Morgan fingerprint density at radius 3 is 2.52 bits per heavy atom. The fraction of sp³-hybridized carbons (Fsp3) is 0.238. The third-order valence-electron chi connectivity index (χ3n) is 4.00. The van der Waals surface area contributed by atoms with E-state index in [1.807, 2.05) is 42.7 Å². The van der Waals surface area contributed by atoms with Crippen LogP contribution in [0.4, 0.5) is 5.69 Å². The SMILES string of the molecule is CCCOC(=O)c1ccc(NC(=O)CSc2nncn2-c2ccc(C)cc2)cc1. The van der Waals surface area contributed by atoms with E-state index in [1.165, 1.54) is 17.3 Å². The van der Waals surface area contributed by atoms with Crippen molar-refractivity contribution < 1.29 is 14.3 Å². The predicted molar refractivity (Wildman–Crippen MR) is 112 cm³/mol. The number of amides is 1. The molecule has 0 aliphatic carbocycles. The Labute approximate surface area is 173 Å². The first-order valence-corrected chi connectivity index (χ1v) is 10.2. The fourth-order valence-electron chi connectivity index (χ4n) is 2.50. The van der Waals surface area contributed by atoms with Crippen molar-refractivity contribution in [1.82, 2.24) is 14.8 Å². The number of benzene rings is 2. The Morgan fingerprint density at radius 1 is 1.10 bits per heavy atom. The molecule has 0 radical (unpaired) electrons. The lowest BCUT2D eigenvalue weighted by atomic mass is 10.2. The topological polar surface area (TPSA) is 86.1 Å². The number of anilines is 1. The van der Waals surface area contributed by atoms with E-state index in [9.17, 15) is 9.59 Å². The molecule has 0 fully saturated rings. The molecule has 0 saturated carbocycles. The van der Waals surface area contributed by atoms with Gasteiger partial charge in [-0.2, -0.15) is 0 Å². The molecule has 0 aliphatic heterocycles. The molecule has 7 nitrogen and oxygen atoms in total. The molecule has 0 bridgehead atoms. The summed E-state index contributed by atoms with van der Waals surface area (Å²) in [6, 6.07) is 14.6. The Morgan fingerprint density at radius 2 is 1.83 bits per heavy atom. The number of nitrogens with one attached hydrogen (secondary N) is 1. The third kappa shape index (κ3) is 5.68. The molecular formula is C21H22N4O3S. The molecule has 1 heterocycles. The van der Waals surface area contributed by atoms with Gasteiger partial charge in [0, 0.05) is 11.4 Å². The lowest BCUT2D eigenvalue weighted by molar-refractivity contribution is -0.113. The standard InChI is InChI=1S/C21H22N4O3S/c1-3-12-28-20(27)16-6-8-17(9-7-16)23-19(26)13-29-21-24-22-14-25(21)18-10-4-15(2)5-11-18/h4-11,14H,3,12-13H2,1-2H3,(H,23,26). The smallest absolute Gasteiger partial charge is 0.338 e. The van der Waals surface area contributed by atoms with Crippen molar-refractivity contribution >= 4 is 29.3 Å². The molecule has 3 rings (SSSR count). The first-order valence-electron chi connectivity index (χ1n) is 9.23.